The van der Waals surface area contributed by atoms with Crippen LogP contribution in [-0.2, 0) is 29.6 Å². The van der Waals surface area contributed by atoms with Crippen LogP contribution in [0.5, 0.6) is 0 Å². The van der Waals surface area contributed by atoms with E-state index < -0.39 is 6.04 Å². The quantitative estimate of drug-likeness (QED) is 0.572. The van der Waals surface area contributed by atoms with Gasteiger partial charge in [0.15, 0.2) is 0 Å². The number of hydrogen-bond acceptors (Lipinski definition) is 5. The summed E-state index contributed by atoms with van der Waals surface area (Å²) in [4.78, 5) is 28.7. The number of fused-ring (bicyclic) bond motifs is 1. The fourth-order valence-electron chi connectivity index (χ4n) is 5.54. The molecule has 0 saturated carbocycles. The van der Waals surface area contributed by atoms with Crippen LogP contribution in [-0.4, -0.2) is 56.9 Å². The van der Waals surface area contributed by atoms with Gasteiger partial charge in [-0.05, 0) is 67.8 Å². The molecule has 2 saturated heterocycles. The predicted molar refractivity (Wildman–Crippen MR) is 134 cm³/mol. The summed E-state index contributed by atoms with van der Waals surface area (Å²) >= 11 is 0. The summed E-state index contributed by atoms with van der Waals surface area (Å²) in [6, 6.07) is 13.7. The van der Waals surface area contributed by atoms with E-state index in [1.807, 2.05) is 30.1 Å². The van der Waals surface area contributed by atoms with Crippen molar-refractivity contribution in [1.29, 1.82) is 0 Å². The van der Waals surface area contributed by atoms with E-state index in [9.17, 15) is 9.59 Å². The van der Waals surface area contributed by atoms with Crippen LogP contribution in [0.3, 0.4) is 0 Å². The van der Waals surface area contributed by atoms with E-state index >= 15 is 0 Å². The number of aromatic nitrogens is 3. The van der Waals surface area contributed by atoms with Crippen LogP contribution >= 0.6 is 0 Å². The Balaban J connectivity index is 1.29. The Bertz CT molecular complexity index is 1240. The lowest BCUT2D eigenvalue weighted by Crippen LogP contribution is -2.51. The number of aryl methyl sites for hydroxylation is 2. The first-order valence-corrected chi connectivity index (χ1v) is 12.5. The average Bonchev–Trinajstić information content (AvgIpc) is 3.56. The second-order valence-corrected chi connectivity index (χ2v) is 10.4. The molecule has 2 fully saturated rings. The van der Waals surface area contributed by atoms with E-state index in [0.717, 1.165) is 36.0 Å². The van der Waals surface area contributed by atoms with Crippen molar-refractivity contribution < 1.29 is 9.59 Å². The third kappa shape index (κ3) is 5.07. The van der Waals surface area contributed by atoms with Crippen molar-refractivity contribution in [3.05, 3.63) is 59.2 Å². The summed E-state index contributed by atoms with van der Waals surface area (Å²) in [7, 11) is 1.86. The zero-order valence-electron chi connectivity index (χ0n) is 20.7. The maximum atomic E-state index is 13.4. The highest BCUT2D eigenvalue weighted by molar-refractivity contribution is 5.90. The number of rotatable bonds is 6. The highest BCUT2D eigenvalue weighted by atomic mass is 16.2. The minimum Gasteiger partial charge on any atom is -0.350 e. The first kappa shape index (κ1) is 23.5. The third-order valence-electron chi connectivity index (χ3n) is 7.37. The van der Waals surface area contributed by atoms with Gasteiger partial charge in [-0.15, -0.1) is 5.10 Å². The van der Waals surface area contributed by atoms with Gasteiger partial charge in [0.25, 0.3) is 0 Å². The second-order valence-electron chi connectivity index (χ2n) is 10.4. The van der Waals surface area contributed by atoms with Gasteiger partial charge in [0, 0.05) is 20.1 Å². The van der Waals surface area contributed by atoms with Gasteiger partial charge in [-0.25, -0.2) is 4.68 Å². The number of hydrogen-bond donors (Lipinski definition) is 2. The smallest absolute Gasteiger partial charge is 0.243 e. The van der Waals surface area contributed by atoms with Crippen molar-refractivity contribution in [3.63, 3.8) is 0 Å². The van der Waals surface area contributed by atoms with Gasteiger partial charge >= 0.3 is 0 Å². The van der Waals surface area contributed by atoms with Crippen LogP contribution in [0.2, 0.25) is 0 Å². The monoisotopic (exact) mass is 474 g/mol. The molecular formula is C27H34N6O2. The molecule has 0 aliphatic carbocycles. The van der Waals surface area contributed by atoms with Gasteiger partial charge in [-0.3, -0.25) is 9.59 Å². The van der Waals surface area contributed by atoms with Gasteiger partial charge in [-0.2, -0.15) is 0 Å². The molecule has 35 heavy (non-hydrogen) atoms. The number of carbonyl (C=O) groups excluding carboxylic acids is 2. The summed E-state index contributed by atoms with van der Waals surface area (Å²) in [5, 5.41) is 14.6. The Morgan fingerprint density at radius 2 is 2.00 bits per heavy atom. The number of nitrogens with zero attached hydrogens (tertiary/aromatic N) is 4. The number of likely N-dealkylation sites (tertiary alicyclic amines) is 1. The van der Waals surface area contributed by atoms with Crippen LogP contribution in [0.4, 0.5) is 0 Å². The maximum absolute atomic E-state index is 13.4. The minimum absolute atomic E-state index is 0.0576. The van der Waals surface area contributed by atoms with E-state index in [2.05, 4.69) is 59.1 Å². The van der Waals surface area contributed by atoms with E-state index in [1.54, 1.807) is 4.68 Å². The zero-order valence-corrected chi connectivity index (χ0v) is 20.7. The third-order valence-corrected chi connectivity index (χ3v) is 7.37. The Hall–Kier alpha value is -3.26. The summed E-state index contributed by atoms with van der Waals surface area (Å²) in [6.45, 7) is 6.10. The molecule has 3 aromatic rings. The molecule has 2 N–H and O–H groups in total. The fraction of sp³-hybridized carbons (Fsp3) is 0.481. The molecule has 184 valence electrons. The van der Waals surface area contributed by atoms with Crippen LogP contribution in [0.1, 0.15) is 36.5 Å². The van der Waals surface area contributed by atoms with E-state index in [4.69, 9.17) is 0 Å². The normalized spacial score (nSPS) is 24.3. The molecule has 8 heteroatoms. The number of amides is 2. The van der Waals surface area contributed by atoms with Crippen LogP contribution in [0, 0.1) is 18.8 Å². The number of nitrogens with one attached hydrogen (secondary N) is 2. The lowest BCUT2D eigenvalue weighted by Gasteiger charge is -2.27. The molecule has 2 amide bonds. The topological polar surface area (TPSA) is 92.2 Å². The molecule has 0 spiro atoms. The van der Waals surface area contributed by atoms with Crippen molar-refractivity contribution in [2.75, 3.05) is 13.1 Å². The summed E-state index contributed by atoms with van der Waals surface area (Å²) in [5.41, 5.74) is 5.20. The average molecular weight is 475 g/mol. The summed E-state index contributed by atoms with van der Waals surface area (Å²) in [6.07, 6.45) is 2.37. The van der Waals surface area contributed by atoms with Gasteiger partial charge in [-0.1, -0.05) is 48.0 Å². The minimum atomic E-state index is -0.449. The van der Waals surface area contributed by atoms with Crippen LogP contribution in [0.15, 0.2) is 42.5 Å². The molecule has 3 heterocycles. The predicted octanol–water partition coefficient (Wildman–Crippen LogP) is 2.35. The molecule has 2 aliphatic rings. The second kappa shape index (κ2) is 9.77. The highest BCUT2D eigenvalue weighted by Crippen LogP contribution is 2.29. The molecule has 0 radical (unpaired) electrons. The largest absolute Gasteiger partial charge is 0.350 e. The molecule has 8 nitrogen and oxygen atoms in total. The Kier molecular flexibility index (Phi) is 6.56. The summed E-state index contributed by atoms with van der Waals surface area (Å²) in [5.74, 6) is 0.696. The Labute approximate surface area is 206 Å². The number of carbonyl (C=O) groups is 2. The van der Waals surface area contributed by atoms with Crippen molar-refractivity contribution >= 4 is 22.8 Å². The first-order chi connectivity index (χ1) is 16.9. The molecule has 1 aromatic heterocycles. The van der Waals surface area contributed by atoms with Crippen molar-refractivity contribution in [2.24, 2.45) is 18.9 Å². The zero-order chi connectivity index (χ0) is 24.5. The highest BCUT2D eigenvalue weighted by Gasteiger charge is 2.42. The van der Waals surface area contributed by atoms with Crippen molar-refractivity contribution in [1.82, 2.24) is 30.5 Å². The molecule has 0 unspecified atom stereocenters. The van der Waals surface area contributed by atoms with Gasteiger partial charge in [0.1, 0.15) is 11.6 Å². The van der Waals surface area contributed by atoms with Crippen molar-refractivity contribution in [2.45, 2.75) is 51.7 Å². The van der Waals surface area contributed by atoms with Crippen molar-refractivity contribution in [3.8, 4) is 0 Å². The Morgan fingerprint density at radius 3 is 2.77 bits per heavy atom. The van der Waals surface area contributed by atoms with Gasteiger partial charge < -0.3 is 15.5 Å². The van der Waals surface area contributed by atoms with E-state index in [0.29, 0.717) is 25.4 Å². The summed E-state index contributed by atoms with van der Waals surface area (Å²) < 4.78 is 1.73. The van der Waals surface area contributed by atoms with E-state index in [1.165, 1.54) is 11.1 Å². The van der Waals surface area contributed by atoms with Gasteiger partial charge in [0.2, 0.25) is 11.8 Å². The lowest BCUT2D eigenvalue weighted by atomic mass is 9.95. The van der Waals surface area contributed by atoms with Crippen LogP contribution in [0.25, 0.3) is 11.0 Å². The first-order valence-electron chi connectivity index (χ1n) is 12.5. The molecule has 5 rings (SSSR count). The Morgan fingerprint density at radius 1 is 1.14 bits per heavy atom. The van der Waals surface area contributed by atoms with E-state index in [-0.39, 0.29) is 23.8 Å². The lowest BCUT2D eigenvalue weighted by molar-refractivity contribution is -0.139. The SMILES string of the molecule is Cc1cccc(C[C@@H]2C[C@@H](C(=O)NCc3ccc4c(c3)nnn4C)N(C(=O)[C@H]3C[C@@H](C)CN3)C2)c1. The molecule has 0 bridgehead atoms. The van der Waals surface area contributed by atoms with Gasteiger partial charge in [0.05, 0.1) is 11.6 Å². The molecule has 4 atom stereocenters. The number of benzene rings is 2. The standard InChI is InChI=1S/C27H34N6O2/c1-17-5-4-6-19(9-17)11-21-13-25(33(16-21)27(35)23-10-18(2)14-28-23)26(34)29-15-20-7-8-24-22(12-20)30-31-32(24)3/h4-9,12,18,21,23,25,28H,10-11,13-16H2,1-3H3,(H,29,34)/t18-,21-,23-,25+/m1/s1. The fourth-order valence-corrected chi connectivity index (χ4v) is 5.54. The molecule has 2 aliphatic heterocycles. The maximum Gasteiger partial charge on any atom is 0.243 e. The molecule has 2 aromatic carbocycles. The van der Waals surface area contributed by atoms with Crippen LogP contribution < -0.4 is 10.6 Å². The molecular weight excluding hydrogens is 440 g/mol.